The lowest BCUT2D eigenvalue weighted by atomic mass is 10.2. The number of imidazole rings is 1. The molecule has 130 valence electrons. The molecule has 5 nitrogen and oxygen atoms in total. The van der Waals surface area contributed by atoms with Crippen LogP contribution in [0.3, 0.4) is 0 Å². The Morgan fingerprint density at radius 1 is 0.846 bits per heavy atom. The van der Waals surface area contributed by atoms with Crippen LogP contribution in [0.4, 0.5) is 0 Å². The van der Waals surface area contributed by atoms with E-state index >= 15 is 0 Å². The van der Waals surface area contributed by atoms with E-state index in [1.165, 1.54) is 16.9 Å². The Morgan fingerprint density at radius 2 is 1.50 bits per heavy atom. The molecule has 0 fully saturated rings. The summed E-state index contributed by atoms with van der Waals surface area (Å²) in [5.41, 5.74) is 2.98. The third-order valence-corrected chi connectivity index (χ3v) is 5.23. The summed E-state index contributed by atoms with van der Waals surface area (Å²) in [5, 5.41) is 0. The highest BCUT2D eigenvalue weighted by Gasteiger charge is 2.22. The molecule has 3 aromatic carbocycles. The zero-order valence-electron chi connectivity index (χ0n) is 14.0. The van der Waals surface area contributed by atoms with E-state index in [1.807, 2.05) is 55.5 Å². The maximum atomic E-state index is 12.8. The van der Waals surface area contributed by atoms with E-state index in [-0.39, 0.29) is 4.90 Å². The molecule has 0 radical (unpaired) electrons. The average molecular weight is 364 g/mol. The predicted molar refractivity (Wildman–Crippen MR) is 100 cm³/mol. The molecule has 1 aromatic heterocycles. The van der Waals surface area contributed by atoms with Gasteiger partial charge in [-0.25, -0.2) is 4.98 Å². The molecule has 4 aromatic rings. The van der Waals surface area contributed by atoms with Gasteiger partial charge in [-0.1, -0.05) is 60.2 Å². The van der Waals surface area contributed by atoms with Crippen molar-refractivity contribution < 1.29 is 12.7 Å². The minimum atomic E-state index is -4.00. The van der Waals surface area contributed by atoms with Crippen molar-refractivity contribution in [2.24, 2.45) is 0 Å². The van der Waals surface area contributed by atoms with Gasteiger partial charge in [-0.15, -0.1) is 4.73 Å². The Bertz CT molecular complexity index is 1160. The smallest absolute Gasteiger partial charge is 0.282 e. The molecule has 0 amide bonds. The number of benzene rings is 3. The Labute approximate surface area is 151 Å². The van der Waals surface area contributed by atoms with Crippen LogP contribution in [-0.4, -0.2) is 18.1 Å². The summed E-state index contributed by atoms with van der Waals surface area (Å²) in [6.07, 6.45) is 0. The fraction of sp³-hybridized carbons (Fsp3) is 0.0500. The Kier molecular flexibility index (Phi) is 3.97. The molecule has 1 heterocycles. The predicted octanol–water partition coefficient (Wildman–Crippen LogP) is 3.83. The summed E-state index contributed by atoms with van der Waals surface area (Å²) >= 11 is 0. The summed E-state index contributed by atoms with van der Waals surface area (Å²) in [6.45, 7) is 1.90. The zero-order valence-corrected chi connectivity index (χ0v) is 14.8. The first-order valence-electron chi connectivity index (χ1n) is 8.09. The first-order valence-corrected chi connectivity index (χ1v) is 9.50. The van der Waals surface area contributed by atoms with Gasteiger partial charge in [0.05, 0.1) is 5.52 Å². The minimum absolute atomic E-state index is 0.0971. The van der Waals surface area contributed by atoms with Crippen LogP contribution in [0, 0.1) is 6.92 Å². The highest BCUT2D eigenvalue weighted by molar-refractivity contribution is 7.87. The molecule has 0 aliphatic carbocycles. The number of aryl methyl sites for hydroxylation is 1. The monoisotopic (exact) mass is 364 g/mol. The van der Waals surface area contributed by atoms with Gasteiger partial charge in [0.15, 0.2) is 5.82 Å². The number of hydrogen-bond donors (Lipinski definition) is 0. The van der Waals surface area contributed by atoms with E-state index in [9.17, 15) is 8.42 Å². The molecular formula is C20H16N2O3S. The van der Waals surface area contributed by atoms with Gasteiger partial charge < -0.3 is 0 Å². The molecule has 26 heavy (non-hydrogen) atoms. The first-order chi connectivity index (χ1) is 12.5. The minimum Gasteiger partial charge on any atom is -0.282 e. The highest BCUT2D eigenvalue weighted by atomic mass is 32.2. The van der Waals surface area contributed by atoms with Gasteiger partial charge in [0.25, 0.3) is 0 Å². The van der Waals surface area contributed by atoms with E-state index in [1.54, 1.807) is 18.2 Å². The molecule has 0 saturated heterocycles. The van der Waals surface area contributed by atoms with Crippen LogP contribution in [-0.2, 0) is 10.1 Å². The molecule has 0 saturated carbocycles. The third-order valence-electron chi connectivity index (χ3n) is 4.03. The van der Waals surface area contributed by atoms with Gasteiger partial charge in [-0.2, -0.15) is 8.42 Å². The van der Waals surface area contributed by atoms with Crippen LogP contribution in [0.25, 0.3) is 22.4 Å². The number of para-hydroxylation sites is 2. The van der Waals surface area contributed by atoms with Crippen LogP contribution in [0.1, 0.15) is 5.56 Å². The van der Waals surface area contributed by atoms with Crippen LogP contribution < -0.4 is 4.28 Å². The summed E-state index contributed by atoms with van der Waals surface area (Å²) < 4.78 is 32.3. The summed E-state index contributed by atoms with van der Waals surface area (Å²) in [7, 11) is -4.00. The second-order valence-corrected chi connectivity index (χ2v) is 7.45. The number of aromatic nitrogens is 2. The third kappa shape index (κ3) is 2.95. The van der Waals surface area contributed by atoms with Crippen LogP contribution in [0.5, 0.6) is 0 Å². The van der Waals surface area contributed by atoms with E-state index in [4.69, 9.17) is 4.28 Å². The Balaban J connectivity index is 1.86. The molecule has 0 spiro atoms. The van der Waals surface area contributed by atoms with Gasteiger partial charge in [0.2, 0.25) is 0 Å². The SMILES string of the molecule is Cc1ccc(S(=O)(=O)On2c(-c3ccccc3)nc3ccccc32)cc1. The zero-order chi connectivity index (χ0) is 18.1. The highest BCUT2D eigenvalue weighted by Crippen LogP contribution is 2.25. The number of hydrogen-bond acceptors (Lipinski definition) is 4. The second kappa shape index (κ2) is 6.31. The van der Waals surface area contributed by atoms with E-state index < -0.39 is 10.1 Å². The van der Waals surface area contributed by atoms with Crippen LogP contribution >= 0.6 is 0 Å². The second-order valence-electron chi connectivity index (χ2n) is 5.93. The quantitative estimate of drug-likeness (QED) is 0.552. The summed E-state index contributed by atoms with van der Waals surface area (Å²) in [6, 6.07) is 23.2. The van der Waals surface area contributed by atoms with Crippen LogP contribution in [0.15, 0.2) is 83.8 Å². The molecule has 0 atom stereocenters. The standard InChI is InChI=1S/C20H16N2O3S/c1-15-11-13-17(14-12-15)26(23,24)25-22-19-10-6-5-9-18(19)21-20(22)16-7-3-2-4-8-16/h2-14H,1H3. The lowest BCUT2D eigenvalue weighted by Gasteiger charge is -2.11. The van der Waals surface area contributed by atoms with Crippen molar-refractivity contribution in [3.63, 3.8) is 0 Å². The van der Waals surface area contributed by atoms with Gasteiger partial charge in [0.1, 0.15) is 10.4 Å². The number of fused-ring (bicyclic) bond motifs is 1. The van der Waals surface area contributed by atoms with Crippen molar-refractivity contribution in [3.8, 4) is 11.4 Å². The molecule has 0 bridgehead atoms. The van der Waals surface area contributed by atoms with Crippen molar-refractivity contribution in [2.45, 2.75) is 11.8 Å². The van der Waals surface area contributed by atoms with E-state index in [0.717, 1.165) is 11.1 Å². The van der Waals surface area contributed by atoms with Crippen molar-refractivity contribution in [1.29, 1.82) is 0 Å². The van der Waals surface area contributed by atoms with Gasteiger partial charge >= 0.3 is 10.1 Å². The molecule has 0 unspecified atom stereocenters. The lowest BCUT2D eigenvalue weighted by molar-refractivity contribution is 0.295. The van der Waals surface area contributed by atoms with Gasteiger partial charge in [0, 0.05) is 5.56 Å². The van der Waals surface area contributed by atoms with Crippen molar-refractivity contribution in [1.82, 2.24) is 9.71 Å². The van der Waals surface area contributed by atoms with Crippen LogP contribution in [0.2, 0.25) is 0 Å². The van der Waals surface area contributed by atoms with Gasteiger partial charge in [-0.05, 0) is 31.2 Å². The average Bonchev–Trinajstić information content (AvgIpc) is 3.01. The Hall–Kier alpha value is -3.12. The first kappa shape index (κ1) is 16.4. The maximum Gasteiger partial charge on any atom is 0.357 e. The molecular weight excluding hydrogens is 348 g/mol. The largest absolute Gasteiger partial charge is 0.357 e. The molecule has 0 aliphatic rings. The van der Waals surface area contributed by atoms with Gasteiger partial charge in [-0.3, -0.25) is 4.28 Å². The summed E-state index contributed by atoms with van der Waals surface area (Å²) in [5.74, 6) is 0.433. The fourth-order valence-electron chi connectivity index (χ4n) is 2.69. The summed E-state index contributed by atoms with van der Waals surface area (Å²) in [4.78, 5) is 4.65. The van der Waals surface area contributed by atoms with Crippen molar-refractivity contribution >= 4 is 21.2 Å². The topological polar surface area (TPSA) is 61.2 Å². The molecule has 4 rings (SSSR count). The van der Waals surface area contributed by atoms with E-state index in [2.05, 4.69) is 4.98 Å². The molecule has 6 heteroatoms. The number of nitrogens with zero attached hydrogens (tertiary/aromatic N) is 2. The maximum absolute atomic E-state index is 12.8. The Morgan fingerprint density at radius 3 is 2.23 bits per heavy atom. The molecule has 0 aliphatic heterocycles. The lowest BCUT2D eigenvalue weighted by Crippen LogP contribution is -2.21. The molecule has 0 N–H and O–H groups in total. The van der Waals surface area contributed by atoms with Crippen molar-refractivity contribution in [3.05, 3.63) is 84.4 Å². The normalized spacial score (nSPS) is 11.6. The number of rotatable bonds is 4. The fourth-order valence-corrected chi connectivity index (χ4v) is 3.60. The van der Waals surface area contributed by atoms with E-state index in [0.29, 0.717) is 16.9 Å². The van der Waals surface area contributed by atoms with Crippen molar-refractivity contribution in [2.75, 3.05) is 0 Å².